The molecule has 136 valence electrons. The van der Waals surface area contributed by atoms with Gasteiger partial charge in [0.05, 0.1) is 25.4 Å². The van der Waals surface area contributed by atoms with Gasteiger partial charge in [-0.05, 0) is 38.5 Å². The summed E-state index contributed by atoms with van der Waals surface area (Å²) in [5.74, 6) is 0.297. The molecule has 6 nitrogen and oxygen atoms in total. The van der Waals surface area contributed by atoms with E-state index < -0.39 is 12.0 Å². The molecule has 0 aliphatic rings. The predicted octanol–water partition coefficient (Wildman–Crippen LogP) is 3.57. The monoisotopic (exact) mass is 372 g/mol. The maximum Gasteiger partial charge on any atom is 0.328 e. The van der Waals surface area contributed by atoms with Crippen molar-refractivity contribution in [2.45, 2.75) is 26.8 Å². The van der Waals surface area contributed by atoms with E-state index in [0.29, 0.717) is 16.8 Å². The van der Waals surface area contributed by atoms with E-state index in [-0.39, 0.29) is 5.56 Å². The Morgan fingerprint density at radius 1 is 1.31 bits per heavy atom. The van der Waals surface area contributed by atoms with Crippen LogP contribution in [0.5, 0.6) is 5.75 Å². The van der Waals surface area contributed by atoms with Crippen molar-refractivity contribution in [3.8, 4) is 16.9 Å². The number of thiophene rings is 1. The highest BCUT2D eigenvalue weighted by molar-refractivity contribution is 7.19. The fourth-order valence-corrected chi connectivity index (χ4v) is 3.91. The summed E-state index contributed by atoms with van der Waals surface area (Å²) in [5.41, 5.74) is 1.51. The number of fused-ring (bicyclic) bond motifs is 1. The number of ether oxygens (including phenoxy) is 2. The molecule has 1 atom stereocenters. The number of nitrogens with zero attached hydrogens (tertiary/aromatic N) is 2. The molecule has 1 unspecified atom stereocenters. The zero-order chi connectivity index (χ0) is 18.8. The van der Waals surface area contributed by atoms with E-state index in [4.69, 9.17) is 9.47 Å². The largest absolute Gasteiger partial charge is 0.494 e. The Labute approximate surface area is 155 Å². The van der Waals surface area contributed by atoms with Crippen LogP contribution >= 0.6 is 11.3 Å². The van der Waals surface area contributed by atoms with Crippen molar-refractivity contribution in [1.82, 2.24) is 9.55 Å². The number of methoxy groups -OCH3 is 1. The highest BCUT2D eigenvalue weighted by atomic mass is 32.1. The topological polar surface area (TPSA) is 70.4 Å². The van der Waals surface area contributed by atoms with Gasteiger partial charge in [0.1, 0.15) is 16.6 Å². The standard InChI is InChI=1S/C19H20N2O4S/c1-5-25-14-8-6-13(7-9-14)15-12(3)26-17-16(15)18(22)21(10-20-17)11(2)19(23)24-4/h6-11H,5H2,1-4H3. The summed E-state index contributed by atoms with van der Waals surface area (Å²) in [6.45, 7) is 6.11. The molecule has 2 heterocycles. The minimum atomic E-state index is -0.738. The third kappa shape index (κ3) is 3.10. The zero-order valence-corrected chi connectivity index (χ0v) is 15.9. The molecule has 3 aromatic rings. The number of esters is 1. The minimum absolute atomic E-state index is 0.249. The number of aromatic nitrogens is 2. The Morgan fingerprint density at radius 2 is 2.00 bits per heavy atom. The van der Waals surface area contributed by atoms with Crippen molar-refractivity contribution >= 4 is 27.5 Å². The minimum Gasteiger partial charge on any atom is -0.494 e. The molecule has 0 amide bonds. The number of carbonyl (C=O) groups is 1. The molecule has 0 fully saturated rings. The van der Waals surface area contributed by atoms with Gasteiger partial charge in [0.15, 0.2) is 0 Å². The molecule has 0 spiro atoms. The Kier molecular flexibility index (Phi) is 5.08. The third-order valence-corrected chi connectivity index (χ3v) is 5.24. The van der Waals surface area contributed by atoms with Gasteiger partial charge in [-0.15, -0.1) is 11.3 Å². The first-order valence-electron chi connectivity index (χ1n) is 8.29. The van der Waals surface area contributed by atoms with Crippen LogP contribution in [0.15, 0.2) is 35.4 Å². The molecule has 0 radical (unpaired) electrons. The van der Waals surface area contributed by atoms with E-state index in [1.807, 2.05) is 38.1 Å². The van der Waals surface area contributed by atoms with E-state index in [2.05, 4.69) is 4.98 Å². The highest BCUT2D eigenvalue weighted by Crippen LogP contribution is 2.36. The van der Waals surface area contributed by atoms with Gasteiger partial charge in [0.25, 0.3) is 5.56 Å². The van der Waals surface area contributed by atoms with Crippen LogP contribution in [-0.2, 0) is 9.53 Å². The summed E-state index contributed by atoms with van der Waals surface area (Å²) in [4.78, 5) is 30.9. The van der Waals surface area contributed by atoms with Gasteiger partial charge in [-0.3, -0.25) is 9.36 Å². The first kappa shape index (κ1) is 18.1. The average molecular weight is 372 g/mol. The molecule has 0 saturated carbocycles. The van der Waals surface area contributed by atoms with E-state index in [9.17, 15) is 9.59 Å². The summed E-state index contributed by atoms with van der Waals surface area (Å²) in [6, 6.07) is 6.89. The summed E-state index contributed by atoms with van der Waals surface area (Å²) in [5, 5.41) is 0.523. The number of hydrogen-bond acceptors (Lipinski definition) is 6. The van der Waals surface area contributed by atoms with Crippen LogP contribution in [-0.4, -0.2) is 29.2 Å². The summed E-state index contributed by atoms with van der Waals surface area (Å²) >= 11 is 1.46. The number of benzene rings is 1. The Hall–Kier alpha value is -2.67. The van der Waals surface area contributed by atoms with Crippen molar-refractivity contribution in [3.63, 3.8) is 0 Å². The lowest BCUT2D eigenvalue weighted by Crippen LogP contribution is -2.29. The van der Waals surface area contributed by atoms with Crippen LogP contribution in [0.3, 0.4) is 0 Å². The fraction of sp³-hybridized carbons (Fsp3) is 0.316. The first-order chi connectivity index (χ1) is 12.5. The maximum absolute atomic E-state index is 13.1. The molecule has 1 aromatic carbocycles. The second-order valence-electron chi connectivity index (χ2n) is 5.83. The van der Waals surface area contributed by atoms with E-state index in [1.165, 1.54) is 29.3 Å². The zero-order valence-electron chi connectivity index (χ0n) is 15.1. The average Bonchev–Trinajstić information content (AvgIpc) is 2.98. The van der Waals surface area contributed by atoms with Crippen LogP contribution in [0.2, 0.25) is 0 Å². The van der Waals surface area contributed by atoms with Gasteiger partial charge in [-0.25, -0.2) is 9.78 Å². The normalized spacial score (nSPS) is 12.2. The van der Waals surface area contributed by atoms with Gasteiger partial charge in [-0.2, -0.15) is 0 Å². The van der Waals surface area contributed by atoms with Crippen LogP contribution in [0.1, 0.15) is 24.8 Å². The fourth-order valence-electron chi connectivity index (χ4n) is 2.91. The number of aryl methyl sites for hydroxylation is 1. The number of hydrogen-bond donors (Lipinski definition) is 0. The van der Waals surface area contributed by atoms with Crippen molar-refractivity contribution in [1.29, 1.82) is 0 Å². The molecular weight excluding hydrogens is 352 g/mol. The molecule has 0 aliphatic carbocycles. The smallest absolute Gasteiger partial charge is 0.328 e. The van der Waals surface area contributed by atoms with Crippen molar-refractivity contribution in [2.75, 3.05) is 13.7 Å². The van der Waals surface area contributed by atoms with Crippen LogP contribution in [0, 0.1) is 6.92 Å². The van der Waals surface area contributed by atoms with E-state index in [0.717, 1.165) is 21.8 Å². The van der Waals surface area contributed by atoms with Crippen molar-refractivity contribution < 1.29 is 14.3 Å². The van der Waals surface area contributed by atoms with Crippen molar-refractivity contribution in [3.05, 3.63) is 45.8 Å². The van der Waals surface area contributed by atoms with Gasteiger partial charge in [0.2, 0.25) is 0 Å². The molecule has 0 aliphatic heterocycles. The van der Waals surface area contributed by atoms with E-state index >= 15 is 0 Å². The summed E-state index contributed by atoms with van der Waals surface area (Å²) < 4.78 is 11.6. The Bertz CT molecular complexity index is 1000. The Morgan fingerprint density at radius 3 is 2.62 bits per heavy atom. The molecule has 7 heteroatoms. The third-order valence-electron chi connectivity index (χ3n) is 4.23. The van der Waals surface area contributed by atoms with Crippen LogP contribution in [0.25, 0.3) is 21.3 Å². The number of rotatable bonds is 5. The molecule has 0 saturated heterocycles. The molecule has 2 aromatic heterocycles. The second kappa shape index (κ2) is 7.29. The Balaban J connectivity index is 2.18. The lowest BCUT2D eigenvalue weighted by Gasteiger charge is -2.12. The van der Waals surface area contributed by atoms with Gasteiger partial charge in [0, 0.05) is 10.4 Å². The van der Waals surface area contributed by atoms with Crippen LogP contribution in [0.4, 0.5) is 0 Å². The quantitative estimate of drug-likeness (QED) is 0.641. The predicted molar refractivity (Wildman–Crippen MR) is 102 cm³/mol. The SMILES string of the molecule is CCOc1ccc(-c2c(C)sc3ncn(C(C)C(=O)OC)c(=O)c23)cc1. The van der Waals surface area contributed by atoms with Gasteiger partial charge >= 0.3 is 5.97 Å². The lowest BCUT2D eigenvalue weighted by atomic mass is 10.0. The molecule has 0 bridgehead atoms. The molecule has 3 rings (SSSR count). The first-order valence-corrected chi connectivity index (χ1v) is 9.10. The van der Waals surface area contributed by atoms with Crippen LogP contribution < -0.4 is 10.3 Å². The summed E-state index contributed by atoms with van der Waals surface area (Å²) in [6.07, 6.45) is 1.41. The second-order valence-corrected chi connectivity index (χ2v) is 7.03. The number of carbonyl (C=O) groups excluding carboxylic acids is 1. The molecule has 0 N–H and O–H groups in total. The summed E-state index contributed by atoms with van der Waals surface area (Å²) in [7, 11) is 1.30. The molecule has 26 heavy (non-hydrogen) atoms. The lowest BCUT2D eigenvalue weighted by molar-refractivity contribution is -0.144. The van der Waals surface area contributed by atoms with Gasteiger partial charge in [-0.1, -0.05) is 12.1 Å². The van der Waals surface area contributed by atoms with Gasteiger partial charge < -0.3 is 9.47 Å². The maximum atomic E-state index is 13.1. The highest BCUT2D eigenvalue weighted by Gasteiger charge is 2.22. The van der Waals surface area contributed by atoms with E-state index in [1.54, 1.807) is 6.92 Å². The molecular formula is C19H20N2O4S. The van der Waals surface area contributed by atoms with Crippen molar-refractivity contribution in [2.24, 2.45) is 0 Å².